The molecule has 0 spiro atoms. The zero-order valence-electron chi connectivity index (χ0n) is 10.2. The first-order chi connectivity index (χ1) is 9.02. The summed E-state index contributed by atoms with van der Waals surface area (Å²) in [5.41, 5.74) is 0.251. The molecule has 1 N–H and O–H groups in total. The third-order valence-electron chi connectivity index (χ3n) is 2.49. The number of nitro benzene ring substituents is 1. The normalized spacial score (nSPS) is 12.1. The Hall–Kier alpha value is -2.64. The molecule has 1 aromatic carbocycles. The number of carbonyl (C=O) groups excluding carboxylic acids is 1. The number of benzene rings is 1. The maximum atomic E-state index is 11.2. The van der Waals surface area contributed by atoms with Crippen molar-refractivity contribution < 1.29 is 18.9 Å². The van der Waals surface area contributed by atoms with Crippen molar-refractivity contribution in [3.05, 3.63) is 28.3 Å². The van der Waals surface area contributed by atoms with Gasteiger partial charge in [-0.25, -0.2) is 4.79 Å². The van der Waals surface area contributed by atoms with Gasteiger partial charge in [0.25, 0.3) is 11.7 Å². The molecule has 0 aliphatic heterocycles. The second-order valence-electron chi connectivity index (χ2n) is 3.79. The standard InChI is InChI=1S/C11H11N3O5/c1-6(10(15)18-2)12-11-13-9-7(14(16)17)4-3-5-8(9)19-11/h3-6H,1-2H3,(H,12,13). The van der Waals surface area contributed by atoms with Gasteiger partial charge in [0.1, 0.15) is 6.04 Å². The maximum Gasteiger partial charge on any atom is 0.328 e. The van der Waals surface area contributed by atoms with E-state index in [1.165, 1.54) is 19.2 Å². The van der Waals surface area contributed by atoms with Crippen LogP contribution in [0, 0.1) is 10.1 Å². The number of nitrogens with one attached hydrogen (secondary N) is 1. The summed E-state index contributed by atoms with van der Waals surface area (Å²) in [5.74, 6) is -0.489. The molecule has 2 rings (SSSR count). The molecule has 0 fully saturated rings. The van der Waals surface area contributed by atoms with E-state index in [4.69, 9.17) is 4.42 Å². The van der Waals surface area contributed by atoms with Crippen molar-refractivity contribution >= 4 is 28.8 Å². The van der Waals surface area contributed by atoms with Gasteiger partial charge >= 0.3 is 5.97 Å². The molecule has 100 valence electrons. The smallest absolute Gasteiger partial charge is 0.328 e. The Labute approximate surface area is 107 Å². The summed E-state index contributed by atoms with van der Waals surface area (Å²) in [5, 5.41) is 13.5. The molecule has 1 unspecified atom stereocenters. The second-order valence-corrected chi connectivity index (χ2v) is 3.79. The van der Waals surface area contributed by atoms with Crippen molar-refractivity contribution in [1.29, 1.82) is 0 Å². The number of hydrogen-bond acceptors (Lipinski definition) is 7. The number of methoxy groups -OCH3 is 1. The number of oxazole rings is 1. The molecule has 1 atom stereocenters. The van der Waals surface area contributed by atoms with Gasteiger partial charge in [-0.3, -0.25) is 10.1 Å². The molecule has 0 aliphatic carbocycles. The van der Waals surface area contributed by atoms with Crippen LogP contribution in [-0.2, 0) is 9.53 Å². The van der Waals surface area contributed by atoms with Crippen LogP contribution in [-0.4, -0.2) is 29.0 Å². The monoisotopic (exact) mass is 265 g/mol. The number of nitro groups is 1. The minimum atomic E-state index is -0.669. The number of para-hydroxylation sites is 1. The molecule has 0 saturated heterocycles. The van der Waals surface area contributed by atoms with Crippen molar-refractivity contribution in [2.24, 2.45) is 0 Å². The van der Waals surface area contributed by atoms with Gasteiger partial charge < -0.3 is 14.5 Å². The van der Waals surface area contributed by atoms with E-state index in [0.29, 0.717) is 0 Å². The van der Waals surface area contributed by atoms with Gasteiger partial charge in [0, 0.05) is 6.07 Å². The quantitative estimate of drug-likeness (QED) is 0.509. The third-order valence-corrected chi connectivity index (χ3v) is 2.49. The molecule has 0 amide bonds. The summed E-state index contributed by atoms with van der Waals surface area (Å²) in [4.78, 5) is 25.5. The fourth-order valence-electron chi connectivity index (χ4n) is 1.56. The Balaban J connectivity index is 2.34. The van der Waals surface area contributed by atoms with Gasteiger partial charge in [-0.15, -0.1) is 0 Å². The van der Waals surface area contributed by atoms with Crippen LogP contribution < -0.4 is 5.32 Å². The van der Waals surface area contributed by atoms with Gasteiger partial charge in [0.2, 0.25) is 0 Å². The van der Waals surface area contributed by atoms with Crippen molar-refractivity contribution in [2.75, 3.05) is 12.4 Å². The molecule has 1 heterocycles. The van der Waals surface area contributed by atoms with E-state index in [1.54, 1.807) is 13.0 Å². The Morgan fingerprint density at radius 1 is 1.58 bits per heavy atom. The Morgan fingerprint density at radius 2 is 2.32 bits per heavy atom. The number of esters is 1. The second kappa shape index (κ2) is 4.92. The van der Waals surface area contributed by atoms with E-state index in [9.17, 15) is 14.9 Å². The maximum absolute atomic E-state index is 11.2. The number of ether oxygens (including phenoxy) is 1. The Morgan fingerprint density at radius 3 is 2.95 bits per heavy atom. The van der Waals surface area contributed by atoms with Gasteiger partial charge in [-0.1, -0.05) is 6.07 Å². The number of anilines is 1. The lowest BCUT2D eigenvalue weighted by atomic mass is 10.3. The zero-order chi connectivity index (χ0) is 14.0. The van der Waals surface area contributed by atoms with Crippen LogP contribution in [0.25, 0.3) is 11.1 Å². The van der Waals surface area contributed by atoms with Crippen LogP contribution in [0.15, 0.2) is 22.6 Å². The van der Waals surface area contributed by atoms with E-state index in [2.05, 4.69) is 15.0 Å². The van der Waals surface area contributed by atoms with E-state index in [1.807, 2.05) is 0 Å². The zero-order valence-corrected chi connectivity index (χ0v) is 10.2. The molecular formula is C11H11N3O5. The SMILES string of the molecule is COC(=O)C(C)Nc1nc2c([N+](=O)[O-])cccc2o1. The molecule has 19 heavy (non-hydrogen) atoms. The number of nitrogens with zero attached hydrogens (tertiary/aromatic N) is 2. The number of aromatic nitrogens is 1. The highest BCUT2D eigenvalue weighted by atomic mass is 16.6. The Bertz CT molecular complexity index is 636. The molecule has 8 heteroatoms. The van der Waals surface area contributed by atoms with Crippen molar-refractivity contribution in [1.82, 2.24) is 4.98 Å². The summed E-state index contributed by atoms with van der Waals surface area (Å²) < 4.78 is 9.83. The van der Waals surface area contributed by atoms with Gasteiger partial charge in [-0.2, -0.15) is 4.98 Å². The fraction of sp³-hybridized carbons (Fsp3) is 0.273. The number of fused-ring (bicyclic) bond motifs is 1. The first-order valence-corrected chi connectivity index (χ1v) is 5.41. The third kappa shape index (κ3) is 2.46. The van der Waals surface area contributed by atoms with Crippen LogP contribution in [0.1, 0.15) is 6.92 Å². The van der Waals surface area contributed by atoms with Crippen LogP contribution in [0.4, 0.5) is 11.7 Å². The lowest BCUT2D eigenvalue weighted by Crippen LogP contribution is -2.27. The average molecular weight is 265 g/mol. The lowest BCUT2D eigenvalue weighted by molar-refractivity contribution is -0.383. The van der Waals surface area contributed by atoms with Crippen molar-refractivity contribution in [3.8, 4) is 0 Å². The van der Waals surface area contributed by atoms with E-state index in [-0.39, 0.29) is 22.8 Å². The van der Waals surface area contributed by atoms with E-state index < -0.39 is 16.9 Å². The highest BCUT2D eigenvalue weighted by Gasteiger charge is 2.20. The molecule has 2 aromatic rings. The van der Waals surface area contributed by atoms with Crippen molar-refractivity contribution in [3.63, 3.8) is 0 Å². The lowest BCUT2D eigenvalue weighted by Gasteiger charge is -2.08. The molecule has 0 aliphatic rings. The van der Waals surface area contributed by atoms with Gasteiger partial charge in [0.05, 0.1) is 12.0 Å². The highest BCUT2D eigenvalue weighted by molar-refractivity contribution is 5.84. The molecule has 0 saturated carbocycles. The largest absolute Gasteiger partial charge is 0.467 e. The summed E-state index contributed by atoms with van der Waals surface area (Å²) in [7, 11) is 1.26. The highest BCUT2D eigenvalue weighted by Crippen LogP contribution is 2.27. The van der Waals surface area contributed by atoms with E-state index in [0.717, 1.165) is 0 Å². The molecule has 0 radical (unpaired) electrons. The molecular weight excluding hydrogens is 254 g/mol. The summed E-state index contributed by atoms with van der Waals surface area (Å²) in [6.07, 6.45) is 0. The molecule has 0 bridgehead atoms. The number of hydrogen-bond donors (Lipinski definition) is 1. The summed E-state index contributed by atoms with van der Waals surface area (Å²) >= 11 is 0. The molecule has 8 nitrogen and oxygen atoms in total. The van der Waals surface area contributed by atoms with E-state index >= 15 is 0 Å². The predicted molar refractivity (Wildman–Crippen MR) is 65.8 cm³/mol. The summed E-state index contributed by atoms with van der Waals surface area (Å²) in [6, 6.07) is 3.75. The van der Waals surface area contributed by atoms with Gasteiger partial charge in [-0.05, 0) is 13.0 Å². The average Bonchev–Trinajstić information content (AvgIpc) is 2.79. The van der Waals surface area contributed by atoms with Crippen LogP contribution >= 0.6 is 0 Å². The minimum Gasteiger partial charge on any atom is -0.467 e. The van der Waals surface area contributed by atoms with Crippen molar-refractivity contribution in [2.45, 2.75) is 13.0 Å². The number of carbonyl (C=O) groups is 1. The van der Waals surface area contributed by atoms with Crippen LogP contribution in [0.5, 0.6) is 0 Å². The fourth-order valence-corrected chi connectivity index (χ4v) is 1.56. The summed E-state index contributed by atoms with van der Waals surface area (Å²) in [6.45, 7) is 1.56. The predicted octanol–water partition coefficient (Wildman–Crippen LogP) is 1.71. The number of non-ortho nitro benzene ring substituents is 1. The van der Waals surface area contributed by atoms with Crippen LogP contribution in [0.2, 0.25) is 0 Å². The minimum absolute atomic E-state index is 0.0298. The first kappa shape index (κ1) is 12.8. The van der Waals surface area contributed by atoms with Gasteiger partial charge in [0.15, 0.2) is 11.1 Å². The molecule has 1 aromatic heterocycles. The Kier molecular flexibility index (Phi) is 3.32. The first-order valence-electron chi connectivity index (χ1n) is 5.41. The number of rotatable bonds is 4. The van der Waals surface area contributed by atoms with Crippen LogP contribution in [0.3, 0.4) is 0 Å². The topological polar surface area (TPSA) is 108 Å².